The number of fused-ring (bicyclic) bond motifs is 1. The number of pyridine rings is 1. The van der Waals surface area contributed by atoms with E-state index in [0.717, 1.165) is 25.3 Å². The van der Waals surface area contributed by atoms with Gasteiger partial charge < -0.3 is 0 Å². The first-order chi connectivity index (χ1) is 13.0. The summed E-state index contributed by atoms with van der Waals surface area (Å²) in [5.41, 5.74) is 4.07. The number of anilines is 1. The summed E-state index contributed by atoms with van der Waals surface area (Å²) in [6.45, 7) is 4.50. The molecule has 0 aliphatic rings. The maximum absolute atomic E-state index is 13.3. The van der Waals surface area contributed by atoms with Crippen molar-refractivity contribution in [3.05, 3.63) is 74.1 Å². The van der Waals surface area contributed by atoms with Crippen LogP contribution in [0, 0.1) is 13.8 Å². The molecule has 136 valence electrons. The van der Waals surface area contributed by atoms with Gasteiger partial charge in [0, 0.05) is 6.20 Å². The minimum atomic E-state index is -0.0642. The Bertz CT molecular complexity index is 1080. The highest BCUT2D eigenvalue weighted by Gasteiger charge is 2.24. The number of thiophene rings is 1. The van der Waals surface area contributed by atoms with Gasteiger partial charge in [0.05, 0.1) is 31.1 Å². The van der Waals surface area contributed by atoms with Crippen LogP contribution in [0.1, 0.15) is 26.5 Å². The smallest absolute Gasteiger partial charge is 0.270 e. The Morgan fingerprint density at radius 1 is 1.07 bits per heavy atom. The van der Waals surface area contributed by atoms with Gasteiger partial charge in [0.2, 0.25) is 0 Å². The van der Waals surface area contributed by atoms with Gasteiger partial charge in [-0.2, -0.15) is 0 Å². The van der Waals surface area contributed by atoms with E-state index in [1.165, 1.54) is 16.9 Å². The van der Waals surface area contributed by atoms with Gasteiger partial charge in [0.1, 0.15) is 0 Å². The molecule has 4 nitrogen and oxygen atoms in total. The molecular weight excluding hydrogens is 442 g/mol. The highest BCUT2D eigenvalue weighted by atomic mass is 79.9. The van der Waals surface area contributed by atoms with Crippen molar-refractivity contribution >= 4 is 59.9 Å². The first kappa shape index (κ1) is 18.3. The van der Waals surface area contributed by atoms with E-state index in [2.05, 4.69) is 40.0 Å². The highest BCUT2D eigenvalue weighted by molar-refractivity contribution is 9.11. The molecule has 1 aromatic carbocycles. The van der Waals surface area contributed by atoms with Crippen molar-refractivity contribution in [1.82, 2.24) is 9.97 Å². The lowest BCUT2D eigenvalue weighted by Crippen LogP contribution is -2.30. The number of carbonyl (C=O) groups is 1. The van der Waals surface area contributed by atoms with Gasteiger partial charge in [-0.05, 0) is 65.2 Å². The average Bonchev–Trinajstić information content (AvgIpc) is 3.30. The van der Waals surface area contributed by atoms with Gasteiger partial charge in [-0.15, -0.1) is 11.3 Å². The lowest BCUT2D eigenvalue weighted by atomic mass is 10.1. The highest BCUT2D eigenvalue weighted by Crippen LogP contribution is 2.35. The van der Waals surface area contributed by atoms with Gasteiger partial charge >= 0.3 is 0 Å². The van der Waals surface area contributed by atoms with Crippen molar-refractivity contribution < 1.29 is 4.79 Å². The Morgan fingerprint density at radius 2 is 1.89 bits per heavy atom. The molecule has 0 atom stereocenters. The molecule has 1 amide bonds. The third kappa shape index (κ3) is 3.67. The van der Waals surface area contributed by atoms with Crippen LogP contribution in [0.5, 0.6) is 0 Å². The van der Waals surface area contributed by atoms with Crippen molar-refractivity contribution in [2.24, 2.45) is 0 Å². The number of carbonyl (C=O) groups excluding carboxylic acids is 1. The van der Waals surface area contributed by atoms with Crippen LogP contribution in [-0.2, 0) is 6.54 Å². The summed E-state index contributed by atoms with van der Waals surface area (Å²) in [5.74, 6) is -0.0642. The molecule has 3 aromatic heterocycles. The van der Waals surface area contributed by atoms with Gasteiger partial charge in [0.15, 0.2) is 5.13 Å². The summed E-state index contributed by atoms with van der Waals surface area (Å²) in [6.07, 6.45) is 1.74. The minimum Gasteiger partial charge on any atom is -0.277 e. The fourth-order valence-corrected chi connectivity index (χ4v) is 5.25. The average molecular weight is 458 g/mol. The maximum Gasteiger partial charge on any atom is 0.270 e. The molecular formula is C20H16BrN3OS2. The van der Waals surface area contributed by atoms with Crippen LogP contribution in [0.2, 0.25) is 0 Å². The van der Waals surface area contributed by atoms with Crippen molar-refractivity contribution in [3.8, 4) is 0 Å². The van der Waals surface area contributed by atoms with Crippen LogP contribution in [0.15, 0.2) is 52.4 Å². The number of hydrogen-bond acceptors (Lipinski definition) is 5. The third-order valence-corrected chi connectivity index (χ3v) is 7.06. The minimum absolute atomic E-state index is 0.0642. The molecule has 0 fully saturated rings. The second-order valence-corrected chi connectivity index (χ2v) is 9.63. The maximum atomic E-state index is 13.3. The first-order valence-electron chi connectivity index (χ1n) is 8.37. The summed E-state index contributed by atoms with van der Waals surface area (Å²) in [5, 5.41) is 0.697. The van der Waals surface area contributed by atoms with Gasteiger partial charge in [0.25, 0.3) is 5.91 Å². The molecule has 4 aromatic rings. The lowest BCUT2D eigenvalue weighted by Gasteiger charge is -2.18. The molecule has 3 heterocycles. The Morgan fingerprint density at radius 3 is 2.56 bits per heavy atom. The van der Waals surface area contributed by atoms with E-state index < -0.39 is 0 Å². The Hall–Kier alpha value is -2.09. The number of amides is 1. The van der Waals surface area contributed by atoms with E-state index in [-0.39, 0.29) is 5.91 Å². The van der Waals surface area contributed by atoms with Gasteiger partial charge in [-0.3, -0.25) is 14.7 Å². The predicted molar refractivity (Wildman–Crippen MR) is 116 cm³/mol. The van der Waals surface area contributed by atoms with E-state index in [0.29, 0.717) is 16.6 Å². The molecule has 0 N–H and O–H groups in total. The number of thiazole rings is 1. The van der Waals surface area contributed by atoms with Gasteiger partial charge in [-0.25, -0.2) is 4.98 Å². The van der Waals surface area contributed by atoms with E-state index in [4.69, 9.17) is 4.98 Å². The van der Waals surface area contributed by atoms with Crippen molar-refractivity contribution in [3.63, 3.8) is 0 Å². The number of rotatable bonds is 4. The topological polar surface area (TPSA) is 46.1 Å². The second kappa shape index (κ2) is 7.50. The first-order valence-corrected chi connectivity index (χ1v) is 10.8. The number of nitrogens with zero attached hydrogens (tertiary/aromatic N) is 3. The van der Waals surface area contributed by atoms with Gasteiger partial charge in [-0.1, -0.05) is 29.5 Å². The largest absolute Gasteiger partial charge is 0.277 e. The van der Waals surface area contributed by atoms with Crippen LogP contribution in [-0.4, -0.2) is 15.9 Å². The molecule has 0 radical (unpaired) electrons. The third-order valence-electron chi connectivity index (χ3n) is 4.24. The predicted octanol–water partition coefficient (Wildman–Crippen LogP) is 5.98. The molecule has 0 bridgehead atoms. The summed E-state index contributed by atoms with van der Waals surface area (Å²) in [4.78, 5) is 24.9. The quantitative estimate of drug-likeness (QED) is 0.378. The molecule has 0 unspecified atom stereocenters. The van der Waals surface area contributed by atoms with Crippen molar-refractivity contribution in [2.75, 3.05) is 4.90 Å². The summed E-state index contributed by atoms with van der Waals surface area (Å²) in [7, 11) is 0. The lowest BCUT2D eigenvalue weighted by molar-refractivity contribution is 0.0988. The molecule has 0 spiro atoms. The molecule has 0 saturated carbocycles. The van der Waals surface area contributed by atoms with E-state index in [1.54, 1.807) is 22.4 Å². The zero-order valence-electron chi connectivity index (χ0n) is 14.8. The second-order valence-electron chi connectivity index (χ2n) is 6.19. The van der Waals surface area contributed by atoms with E-state index in [9.17, 15) is 4.79 Å². The zero-order chi connectivity index (χ0) is 19.0. The molecule has 0 saturated heterocycles. The Labute approximate surface area is 173 Å². The fraction of sp³-hybridized carbons (Fsp3) is 0.150. The normalized spacial score (nSPS) is 11.1. The van der Waals surface area contributed by atoms with Crippen molar-refractivity contribution in [1.29, 1.82) is 0 Å². The van der Waals surface area contributed by atoms with Crippen LogP contribution in [0.25, 0.3) is 10.2 Å². The summed E-state index contributed by atoms with van der Waals surface area (Å²) in [6, 6.07) is 13.6. The molecule has 0 aliphatic carbocycles. The standard InChI is InChI=1S/C20H16BrN3OS2/c1-12-6-7-13(2)18-17(12)23-20(27-18)24(11-14-5-3-4-10-22-14)19(25)15-8-9-16(21)26-15/h3-10H,11H2,1-2H3. The van der Waals surface area contributed by atoms with Crippen LogP contribution >= 0.6 is 38.6 Å². The van der Waals surface area contributed by atoms with E-state index >= 15 is 0 Å². The monoisotopic (exact) mass is 457 g/mol. The fourth-order valence-electron chi connectivity index (χ4n) is 2.81. The zero-order valence-corrected chi connectivity index (χ0v) is 18.0. The van der Waals surface area contributed by atoms with Crippen LogP contribution < -0.4 is 4.90 Å². The van der Waals surface area contributed by atoms with E-state index in [1.807, 2.05) is 37.3 Å². The van der Waals surface area contributed by atoms with Crippen LogP contribution in [0.4, 0.5) is 5.13 Å². The Kier molecular flexibility index (Phi) is 5.08. The number of benzene rings is 1. The van der Waals surface area contributed by atoms with Crippen LogP contribution in [0.3, 0.4) is 0 Å². The SMILES string of the molecule is Cc1ccc(C)c2sc(N(Cc3ccccn3)C(=O)c3ccc(Br)s3)nc12. The molecule has 4 rings (SSSR count). The Balaban J connectivity index is 1.81. The summed E-state index contributed by atoms with van der Waals surface area (Å²) < 4.78 is 2.05. The number of aromatic nitrogens is 2. The molecule has 27 heavy (non-hydrogen) atoms. The number of hydrogen-bond donors (Lipinski definition) is 0. The molecule has 0 aliphatic heterocycles. The van der Waals surface area contributed by atoms with Crippen molar-refractivity contribution in [2.45, 2.75) is 20.4 Å². The summed E-state index contributed by atoms with van der Waals surface area (Å²) >= 11 is 6.42. The molecule has 7 heteroatoms. The number of aryl methyl sites for hydroxylation is 2. The number of halogens is 1.